The number of rotatable bonds is 6. The molecule has 128 valence electrons. The molecule has 0 bridgehead atoms. The van der Waals surface area contributed by atoms with Crippen LogP contribution in [-0.4, -0.2) is 29.1 Å². The van der Waals surface area contributed by atoms with Crippen LogP contribution in [-0.2, 0) is 6.54 Å². The van der Waals surface area contributed by atoms with Crippen LogP contribution in [0.5, 0.6) is 5.75 Å². The van der Waals surface area contributed by atoms with Gasteiger partial charge in [-0.15, -0.1) is 0 Å². The van der Waals surface area contributed by atoms with Gasteiger partial charge in [-0.1, -0.05) is 18.2 Å². The molecule has 0 aromatic heterocycles. The first-order valence-corrected chi connectivity index (χ1v) is 8.22. The molecule has 0 saturated carbocycles. The maximum atomic E-state index is 12.0. The van der Waals surface area contributed by atoms with Gasteiger partial charge in [-0.25, -0.2) is 4.79 Å². The third-order valence-corrected chi connectivity index (χ3v) is 3.99. The van der Waals surface area contributed by atoms with E-state index in [9.17, 15) is 9.90 Å². The molecule has 24 heavy (non-hydrogen) atoms. The topological polar surface area (TPSA) is 64.6 Å². The number of anilines is 2. The highest BCUT2D eigenvalue weighted by atomic mass is 16.3. The van der Waals surface area contributed by atoms with Crippen LogP contribution in [0.3, 0.4) is 0 Å². The highest BCUT2D eigenvalue weighted by molar-refractivity contribution is 5.89. The van der Waals surface area contributed by atoms with Gasteiger partial charge in [0.05, 0.1) is 0 Å². The summed E-state index contributed by atoms with van der Waals surface area (Å²) >= 11 is 0. The first kappa shape index (κ1) is 17.7. The Morgan fingerprint density at radius 3 is 2.29 bits per heavy atom. The van der Waals surface area contributed by atoms with Crippen LogP contribution in [0.1, 0.15) is 25.0 Å². The number of carbonyl (C=O) groups is 1. The molecule has 3 N–H and O–H groups in total. The Bertz CT molecular complexity index is 680. The molecule has 0 unspecified atom stereocenters. The van der Waals surface area contributed by atoms with Gasteiger partial charge in [-0.2, -0.15) is 0 Å². The lowest BCUT2D eigenvalue weighted by Gasteiger charge is -2.19. The van der Waals surface area contributed by atoms with Gasteiger partial charge in [0, 0.05) is 36.6 Å². The van der Waals surface area contributed by atoms with E-state index in [1.165, 1.54) is 0 Å². The lowest BCUT2D eigenvalue weighted by molar-refractivity contribution is 0.217. The van der Waals surface area contributed by atoms with Crippen molar-refractivity contribution in [1.29, 1.82) is 0 Å². The average molecular weight is 327 g/mol. The first-order valence-electron chi connectivity index (χ1n) is 8.22. The standard InChI is InChI=1S/C19H25N3O2/c1-4-22(5-2)19(24)21-17-11-9-16(10-12-17)20-13-15-8-6-7-14(3)18(15)23/h6-12,20,23H,4-5,13H2,1-3H3,(H,21,24). The lowest BCUT2D eigenvalue weighted by atomic mass is 10.1. The molecule has 2 rings (SSSR count). The van der Waals surface area contributed by atoms with E-state index in [4.69, 9.17) is 0 Å². The van der Waals surface area contributed by atoms with Crippen molar-refractivity contribution in [3.8, 4) is 5.75 Å². The minimum atomic E-state index is -0.0922. The summed E-state index contributed by atoms with van der Waals surface area (Å²) < 4.78 is 0. The predicted octanol–water partition coefficient (Wildman–Crippen LogP) is 4.19. The second-order valence-electron chi connectivity index (χ2n) is 5.62. The van der Waals surface area contributed by atoms with E-state index in [1.807, 2.05) is 63.2 Å². The zero-order valence-corrected chi connectivity index (χ0v) is 14.5. The van der Waals surface area contributed by atoms with Crippen molar-refractivity contribution in [2.24, 2.45) is 0 Å². The van der Waals surface area contributed by atoms with Crippen LogP contribution >= 0.6 is 0 Å². The smallest absolute Gasteiger partial charge is 0.321 e. The minimum Gasteiger partial charge on any atom is -0.507 e. The molecular formula is C19H25N3O2. The normalized spacial score (nSPS) is 10.3. The third-order valence-electron chi connectivity index (χ3n) is 3.99. The Hall–Kier alpha value is -2.69. The predicted molar refractivity (Wildman–Crippen MR) is 98.6 cm³/mol. The maximum absolute atomic E-state index is 12.0. The van der Waals surface area contributed by atoms with E-state index < -0.39 is 0 Å². The Balaban J connectivity index is 1.95. The summed E-state index contributed by atoms with van der Waals surface area (Å²) in [5, 5.41) is 16.2. The number of aromatic hydroxyl groups is 1. The fourth-order valence-electron chi connectivity index (χ4n) is 2.44. The molecule has 0 aliphatic rings. The molecule has 0 radical (unpaired) electrons. The molecule has 0 spiro atoms. The van der Waals surface area contributed by atoms with Gasteiger partial charge in [-0.3, -0.25) is 0 Å². The van der Waals surface area contributed by atoms with Gasteiger partial charge in [0.15, 0.2) is 0 Å². The van der Waals surface area contributed by atoms with E-state index in [1.54, 1.807) is 4.90 Å². The number of hydrogen-bond donors (Lipinski definition) is 3. The molecule has 5 nitrogen and oxygen atoms in total. The Kier molecular flexibility index (Phi) is 6.07. The van der Waals surface area contributed by atoms with Crippen LogP contribution < -0.4 is 10.6 Å². The molecule has 0 heterocycles. The molecule has 0 fully saturated rings. The van der Waals surface area contributed by atoms with Crippen LogP contribution in [0.2, 0.25) is 0 Å². The summed E-state index contributed by atoms with van der Waals surface area (Å²) in [7, 11) is 0. The zero-order valence-electron chi connectivity index (χ0n) is 14.5. The largest absolute Gasteiger partial charge is 0.507 e. The Morgan fingerprint density at radius 1 is 1.04 bits per heavy atom. The second-order valence-corrected chi connectivity index (χ2v) is 5.62. The highest BCUT2D eigenvalue weighted by Crippen LogP contribution is 2.23. The molecule has 0 saturated heterocycles. The van der Waals surface area contributed by atoms with Gasteiger partial charge in [0.2, 0.25) is 0 Å². The summed E-state index contributed by atoms with van der Waals surface area (Å²) in [4.78, 5) is 13.7. The Morgan fingerprint density at radius 2 is 1.67 bits per heavy atom. The Labute approximate surface area is 143 Å². The molecule has 5 heteroatoms. The summed E-state index contributed by atoms with van der Waals surface area (Å²) in [5.41, 5.74) is 3.41. The summed E-state index contributed by atoms with van der Waals surface area (Å²) in [6, 6.07) is 13.2. The molecular weight excluding hydrogens is 302 g/mol. The van der Waals surface area contributed by atoms with Crippen molar-refractivity contribution in [2.75, 3.05) is 23.7 Å². The van der Waals surface area contributed by atoms with Crippen LogP contribution in [0.4, 0.5) is 16.2 Å². The molecule has 2 aromatic rings. The SMILES string of the molecule is CCN(CC)C(=O)Nc1ccc(NCc2cccc(C)c2O)cc1. The number of amides is 2. The van der Waals surface area contributed by atoms with E-state index in [0.29, 0.717) is 25.4 Å². The number of carbonyl (C=O) groups excluding carboxylic acids is 1. The van der Waals surface area contributed by atoms with E-state index in [0.717, 1.165) is 22.5 Å². The number of phenols is 1. The molecule has 0 atom stereocenters. The fourth-order valence-corrected chi connectivity index (χ4v) is 2.44. The number of para-hydroxylation sites is 1. The lowest BCUT2D eigenvalue weighted by Crippen LogP contribution is -2.34. The van der Waals surface area contributed by atoms with Gasteiger partial charge >= 0.3 is 6.03 Å². The number of nitrogens with zero attached hydrogens (tertiary/aromatic N) is 1. The van der Waals surface area contributed by atoms with Crippen LogP contribution in [0.25, 0.3) is 0 Å². The minimum absolute atomic E-state index is 0.0922. The second kappa shape index (κ2) is 8.24. The van der Waals surface area contributed by atoms with Crippen LogP contribution in [0.15, 0.2) is 42.5 Å². The van der Waals surface area contributed by atoms with Crippen LogP contribution in [0, 0.1) is 6.92 Å². The number of urea groups is 1. The zero-order chi connectivity index (χ0) is 17.5. The van der Waals surface area contributed by atoms with E-state index >= 15 is 0 Å². The fraction of sp³-hybridized carbons (Fsp3) is 0.316. The molecule has 0 aliphatic heterocycles. The van der Waals surface area contributed by atoms with Gasteiger partial charge in [0.1, 0.15) is 5.75 Å². The van der Waals surface area contributed by atoms with Crippen molar-refractivity contribution in [3.05, 3.63) is 53.6 Å². The van der Waals surface area contributed by atoms with Crippen molar-refractivity contribution >= 4 is 17.4 Å². The van der Waals surface area contributed by atoms with Gasteiger partial charge in [-0.05, 0) is 50.6 Å². The summed E-state index contributed by atoms with van der Waals surface area (Å²) in [5.74, 6) is 0.327. The summed E-state index contributed by atoms with van der Waals surface area (Å²) in [6.07, 6.45) is 0. The monoisotopic (exact) mass is 327 g/mol. The maximum Gasteiger partial charge on any atom is 0.321 e. The number of nitrogens with one attached hydrogen (secondary N) is 2. The van der Waals surface area contributed by atoms with E-state index in [-0.39, 0.29) is 6.03 Å². The molecule has 2 aromatic carbocycles. The average Bonchev–Trinajstić information content (AvgIpc) is 2.58. The number of phenolic OH excluding ortho intramolecular Hbond substituents is 1. The number of hydrogen-bond acceptors (Lipinski definition) is 3. The van der Waals surface area contributed by atoms with Crippen molar-refractivity contribution in [3.63, 3.8) is 0 Å². The molecule has 0 aliphatic carbocycles. The molecule has 2 amide bonds. The van der Waals surface area contributed by atoms with Gasteiger partial charge < -0.3 is 20.6 Å². The first-order chi connectivity index (χ1) is 11.5. The number of aryl methyl sites for hydroxylation is 1. The van der Waals surface area contributed by atoms with Crippen molar-refractivity contribution in [1.82, 2.24) is 4.90 Å². The van der Waals surface area contributed by atoms with Crippen molar-refractivity contribution < 1.29 is 9.90 Å². The third kappa shape index (κ3) is 4.41. The quantitative estimate of drug-likeness (QED) is 0.745. The van der Waals surface area contributed by atoms with Gasteiger partial charge in [0.25, 0.3) is 0 Å². The van der Waals surface area contributed by atoms with E-state index in [2.05, 4.69) is 10.6 Å². The number of benzene rings is 2. The summed E-state index contributed by atoms with van der Waals surface area (Å²) in [6.45, 7) is 7.70. The highest BCUT2D eigenvalue weighted by Gasteiger charge is 2.09. The van der Waals surface area contributed by atoms with Crippen molar-refractivity contribution in [2.45, 2.75) is 27.3 Å².